The van der Waals surface area contributed by atoms with Crippen LogP contribution in [0.15, 0.2) is 17.7 Å². The first-order chi connectivity index (χ1) is 10.5. The van der Waals surface area contributed by atoms with E-state index < -0.39 is 10.7 Å². The van der Waals surface area contributed by atoms with Crippen molar-refractivity contribution in [1.29, 1.82) is 0 Å². The van der Waals surface area contributed by atoms with Gasteiger partial charge in [-0.05, 0) is 31.0 Å². The standard InChI is InChI=1S/C14H18BFN2O4/c1-21-14-12(16)7-11(8-13(14)18(19)20)6-10-4-3-5-17(9-10)15-22-2/h6-8,15H,3-5,9H2,1-2H3/b10-6+. The lowest BCUT2D eigenvalue weighted by molar-refractivity contribution is -0.386. The lowest BCUT2D eigenvalue weighted by Crippen LogP contribution is -2.35. The minimum Gasteiger partial charge on any atom is -0.488 e. The van der Waals surface area contributed by atoms with Crippen molar-refractivity contribution in [2.75, 3.05) is 27.3 Å². The second-order valence-electron chi connectivity index (χ2n) is 5.19. The van der Waals surface area contributed by atoms with E-state index in [2.05, 4.69) is 4.81 Å². The molecular weight excluding hydrogens is 290 g/mol. The van der Waals surface area contributed by atoms with Crippen LogP contribution in [-0.4, -0.2) is 44.7 Å². The quantitative estimate of drug-likeness (QED) is 0.474. The number of methoxy groups -OCH3 is 1. The molecule has 0 aliphatic carbocycles. The predicted molar refractivity (Wildman–Crippen MR) is 82.5 cm³/mol. The number of piperidine rings is 1. The number of benzene rings is 1. The molecule has 1 saturated heterocycles. The van der Waals surface area contributed by atoms with Crippen LogP contribution in [0.2, 0.25) is 0 Å². The average Bonchev–Trinajstić information content (AvgIpc) is 2.47. The van der Waals surface area contributed by atoms with E-state index in [-0.39, 0.29) is 11.4 Å². The first-order valence-electron chi connectivity index (χ1n) is 6.97. The molecule has 0 N–H and O–H groups in total. The van der Waals surface area contributed by atoms with E-state index >= 15 is 0 Å². The van der Waals surface area contributed by atoms with Gasteiger partial charge < -0.3 is 14.2 Å². The van der Waals surface area contributed by atoms with Gasteiger partial charge >= 0.3 is 13.3 Å². The molecule has 0 radical (unpaired) electrons. The van der Waals surface area contributed by atoms with E-state index in [4.69, 9.17) is 9.39 Å². The molecule has 118 valence electrons. The molecule has 22 heavy (non-hydrogen) atoms. The third-order valence-electron chi connectivity index (χ3n) is 3.53. The molecule has 0 spiro atoms. The Morgan fingerprint density at radius 1 is 1.45 bits per heavy atom. The number of nitro groups is 1. The smallest absolute Gasteiger partial charge is 0.363 e. The zero-order chi connectivity index (χ0) is 16.1. The summed E-state index contributed by atoms with van der Waals surface area (Å²) in [4.78, 5) is 12.5. The molecule has 0 aromatic heterocycles. The number of nitro benzene ring substituents is 1. The first kappa shape index (κ1) is 16.4. The van der Waals surface area contributed by atoms with Crippen LogP contribution in [0.1, 0.15) is 18.4 Å². The van der Waals surface area contributed by atoms with Crippen molar-refractivity contribution in [3.63, 3.8) is 0 Å². The van der Waals surface area contributed by atoms with Crippen molar-refractivity contribution in [3.8, 4) is 5.75 Å². The van der Waals surface area contributed by atoms with Gasteiger partial charge in [-0.25, -0.2) is 4.39 Å². The molecule has 1 aliphatic rings. The highest BCUT2D eigenvalue weighted by atomic mass is 19.1. The number of rotatable bonds is 5. The van der Waals surface area contributed by atoms with Gasteiger partial charge in [0.05, 0.1) is 12.0 Å². The molecule has 0 atom stereocenters. The molecule has 1 aliphatic heterocycles. The number of ether oxygens (including phenoxy) is 1. The topological polar surface area (TPSA) is 64.8 Å². The van der Waals surface area contributed by atoms with Crippen molar-refractivity contribution in [2.45, 2.75) is 12.8 Å². The van der Waals surface area contributed by atoms with Crippen LogP contribution in [0, 0.1) is 15.9 Å². The largest absolute Gasteiger partial charge is 0.488 e. The van der Waals surface area contributed by atoms with Gasteiger partial charge in [0.1, 0.15) is 0 Å². The normalized spacial score (nSPS) is 17.5. The monoisotopic (exact) mass is 308 g/mol. The summed E-state index contributed by atoms with van der Waals surface area (Å²) in [5.41, 5.74) is 1.21. The maximum absolute atomic E-state index is 13.9. The summed E-state index contributed by atoms with van der Waals surface area (Å²) >= 11 is 0. The summed E-state index contributed by atoms with van der Waals surface area (Å²) in [7, 11) is 3.39. The summed E-state index contributed by atoms with van der Waals surface area (Å²) in [5, 5.41) is 11.0. The molecule has 0 unspecified atom stereocenters. The van der Waals surface area contributed by atoms with Crippen LogP contribution in [0.3, 0.4) is 0 Å². The molecule has 8 heteroatoms. The molecule has 1 fully saturated rings. The second-order valence-corrected chi connectivity index (χ2v) is 5.19. The molecule has 0 amide bonds. The van der Waals surface area contributed by atoms with Gasteiger partial charge in [0, 0.05) is 19.7 Å². The summed E-state index contributed by atoms with van der Waals surface area (Å²) < 4.78 is 23.8. The van der Waals surface area contributed by atoms with Crippen LogP contribution < -0.4 is 4.74 Å². The van der Waals surface area contributed by atoms with Gasteiger partial charge in [0.2, 0.25) is 5.75 Å². The Labute approximate surface area is 129 Å². The second kappa shape index (κ2) is 7.37. The molecule has 1 aromatic rings. The van der Waals surface area contributed by atoms with Crippen molar-refractivity contribution in [1.82, 2.24) is 4.81 Å². The molecule has 1 aromatic carbocycles. The van der Waals surface area contributed by atoms with Crippen molar-refractivity contribution >= 4 is 19.4 Å². The fourth-order valence-corrected chi connectivity index (χ4v) is 2.64. The van der Waals surface area contributed by atoms with E-state index in [1.54, 1.807) is 13.2 Å². The number of nitrogens with zero attached hydrogens (tertiary/aromatic N) is 2. The maximum atomic E-state index is 13.9. The van der Waals surface area contributed by atoms with Crippen molar-refractivity contribution in [3.05, 3.63) is 39.2 Å². The van der Waals surface area contributed by atoms with Gasteiger partial charge in [-0.2, -0.15) is 0 Å². The zero-order valence-electron chi connectivity index (χ0n) is 12.7. The van der Waals surface area contributed by atoms with Crippen LogP contribution in [0.5, 0.6) is 5.75 Å². The Balaban J connectivity index is 2.29. The summed E-state index contributed by atoms with van der Waals surface area (Å²) in [6.45, 7) is 1.66. The fraction of sp³-hybridized carbons (Fsp3) is 0.429. The Morgan fingerprint density at radius 3 is 2.86 bits per heavy atom. The summed E-state index contributed by atoms with van der Waals surface area (Å²) in [5.74, 6) is -1.06. The minimum absolute atomic E-state index is 0.336. The van der Waals surface area contributed by atoms with Crippen LogP contribution in [0.4, 0.5) is 10.1 Å². The Morgan fingerprint density at radius 2 is 2.23 bits per heavy atom. The minimum atomic E-state index is -0.729. The van der Waals surface area contributed by atoms with Gasteiger partial charge in [-0.15, -0.1) is 0 Å². The summed E-state index contributed by atoms with van der Waals surface area (Å²) in [6, 6.07) is 2.60. The van der Waals surface area contributed by atoms with E-state index in [0.717, 1.165) is 31.5 Å². The molecule has 1 heterocycles. The number of hydrogen-bond donors (Lipinski definition) is 0. The van der Waals surface area contributed by atoms with Gasteiger partial charge in [0.15, 0.2) is 5.82 Å². The molecular formula is C14H18BFN2O4. The van der Waals surface area contributed by atoms with Crippen LogP contribution in [0.25, 0.3) is 6.08 Å². The SMILES string of the molecule is COBN1CCC/C(=C\c2cc(F)c(OC)c([N+](=O)[O-])c2)C1. The van der Waals surface area contributed by atoms with E-state index in [1.165, 1.54) is 19.2 Å². The van der Waals surface area contributed by atoms with Crippen LogP contribution in [-0.2, 0) is 4.65 Å². The zero-order valence-corrected chi connectivity index (χ0v) is 12.7. The fourth-order valence-electron chi connectivity index (χ4n) is 2.64. The molecule has 2 rings (SSSR count). The highest BCUT2D eigenvalue weighted by molar-refractivity contribution is 6.23. The number of hydrogen-bond acceptors (Lipinski definition) is 5. The van der Waals surface area contributed by atoms with E-state index in [9.17, 15) is 14.5 Å². The van der Waals surface area contributed by atoms with Crippen molar-refractivity contribution in [2.24, 2.45) is 0 Å². The Bertz CT molecular complexity index is 592. The third-order valence-corrected chi connectivity index (χ3v) is 3.53. The highest BCUT2D eigenvalue weighted by Crippen LogP contribution is 2.32. The first-order valence-corrected chi connectivity index (χ1v) is 6.97. The highest BCUT2D eigenvalue weighted by Gasteiger charge is 2.21. The maximum Gasteiger partial charge on any atom is 0.363 e. The van der Waals surface area contributed by atoms with Crippen molar-refractivity contribution < 1.29 is 18.7 Å². The number of halogens is 1. The third kappa shape index (κ3) is 3.83. The lowest BCUT2D eigenvalue weighted by atomic mass is 9.97. The molecule has 0 bridgehead atoms. The van der Waals surface area contributed by atoms with E-state index in [1.807, 2.05) is 0 Å². The predicted octanol–water partition coefficient (Wildman–Crippen LogP) is 2.13. The Hall–Kier alpha value is -1.93. The van der Waals surface area contributed by atoms with Gasteiger partial charge in [-0.3, -0.25) is 10.1 Å². The molecule has 0 saturated carbocycles. The van der Waals surface area contributed by atoms with Gasteiger partial charge in [0.25, 0.3) is 0 Å². The lowest BCUT2D eigenvalue weighted by Gasteiger charge is -2.27. The average molecular weight is 308 g/mol. The summed E-state index contributed by atoms with van der Waals surface area (Å²) in [6.07, 6.45) is 3.68. The van der Waals surface area contributed by atoms with Crippen LogP contribution >= 0.6 is 0 Å². The van der Waals surface area contributed by atoms with Gasteiger partial charge in [-0.1, -0.05) is 11.6 Å². The molecule has 6 nitrogen and oxygen atoms in total. The van der Waals surface area contributed by atoms with E-state index in [0.29, 0.717) is 13.2 Å². The Kier molecular flexibility index (Phi) is 5.51.